The Labute approximate surface area is 293 Å². The summed E-state index contributed by atoms with van der Waals surface area (Å²) >= 11 is 0. The molecule has 0 spiro atoms. The van der Waals surface area contributed by atoms with Crippen molar-refractivity contribution in [2.75, 3.05) is 47.6 Å². The molecule has 16 heteroatoms. The lowest BCUT2D eigenvalue weighted by molar-refractivity contribution is -0.385. The number of ether oxygens (including phenoxy) is 5. The number of terminal acetylenes is 1. The molecule has 4 rings (SSSR count). The Kier molecular flexibility index (Phi) is 11.9. The molecule has 51 heavy (non-hydrogen) atoms. The smallest absolute Gasteiger partial charge is 0.328 e. The molecule has 0 N–H and O–H groups in total. The van der Waals surface area contributed by atoms with E-state index in [0.29, 0.717) is 12.0 Å². The lowest BCUT2D eigenvalue weighted by Crippen LogP contribution is -2.41. The Morgan fingerprint density at radius 3 is 1.73 bits per heavy atom. The average molecular weight is 707 g/mol. The van der Waals surface area contributed by atoms with Gasteiger partial charge in [0.1, 0.15) is 17.2 Å². The molecule has 3 atom stereocenters. The molecule has 270 valence electrons. The van der Waals surface area contributed by atoms with Gasteiger partial charge in [-0.2, -0.15) is 0 Å². The predicted molar refractivity (Wildman–Crippen MR) is 182 cm³/mol. The van der Waals surface area contributed by atoms with Crippen LogP contribution >= 0.6 is 0 Å². The summed E-state index contributed by atoms with van der Waals surface area (Å²) in [5, 5.41) is 24.2. The molecule has 2 fully saturated rings. The zero-order chi connectivity index (χ0) is 37.6. The molecular weight excluding hydrogens is 668 g/mol. The fourth-order valence-electron chi connectivity index (χ4n) is 5.97. The van der Waals surface area contributed by atoms with Crippen LogP contribution < -0.4 is 18.9 Å². The van der Waals surface area contributed by atoms with E-state index in [2.05, 4.69) is 19.1 Å². The Morgan fingerprint density at radius 2 is 1.31 bits per heavy atom. The van der Waals surface area contributed by atoms with Gasteiger partial charge in [-0.1, -0.05) is 24.3 Å². The van der Waals surface area contributed by atoms with Crippen LogP contribution in [0.25, 0.3) is 0 Å². The van der Waals surface area contributed by atoms with Crippen LogP contribution in [-0.2, 0) is 9.53 Å². The number of likely N-dealkylation sites (tertiary alicyclic amines) is 2. The first-order chi connectivity index (χ1) is 24.2. The van der Waals surface area contributed by atoms with E-state index in [0.717, 1.165) is 28.7 Å². The fraction of sp³-hybridized carbons (Fsp3) is 0.400. The topological polar surface area (TPSA) is 190 Å². The largest absolute Gasteiger partial charge is 0.493 e. The van der Waals surface area contributed by atoms with Crippen LogP contribution in [0.2, 0.25) is 0 Å². The van der Waals surface area contributed by atoms with E-state index in [1.165, 1.54) is 32.3 Å². The van der Waals surface area contributed by atoms with Gasteiger partial charge in [-0.15, -0.1) is 12.3 Å². The second-order valence-electron chi connectivity index (χ2n) is 12.1. The molecule has 0 aromatic heterocycles. The number of esters is 1. The average Bonchev–Trinajstić information content (AvgIpc) is 3.67. The highest BCUT2D eigenvalue weighted by molar-refractivity contribution is 6.02. The number of hydrogen-bond donors (Lipinski definition) is 0. The number of nitro benzene ring substituents is 2. The minimum absolute atomic E-state index is 0.00483. The molecule has 1 unspecified atom stereocenters. The zero-order valence-corrected chi connectivity index (χ0v) is 28.7. The number of nitro groups is 2. The third kappa shape index (κ3) is 8.20. The molecule has 0 bridgehead atoms. The van der Waals surface area contributed by atoms with Crippen LogP contribution in [0.4, 0.5) is 11.4 Å². The van der Waals surface area contributed by atoms with Gasteiger partial charge < -0.3 is 33.5 Å². The second-order valence-corrected chi connectivity index (χ2v) is 12.1. The number of carbonyl (C=O) groups is 3. The molecule has 2 aliphatic heterocycles. The highest BCUT2D eigenvalue weighted by atomic mass is 16.6. The van der Waals surface area contributed by atoms with Crippen molar-refractivity contribution in [1.82, 2.24) is 9.80 Å². The van der Waals surface area contributed by atoms with Crippen LogP contribution in [0.15, 0.2) is 48.6 Å². The molecule has 0 saturated carbocycles. The van der Waals surface area contributed by atoms with Gasteiger partial charge in [0.15, 0.2) is 23.0 Å². The number of nitrogens with zero attached hydrogens (tertiary/aromatic N) is 4. The first-order valence-electron chi connectivity index (χ1n) is 15.7. The third-order valence-corrected chi connectivity index (χ3v) is 8.53. The Morgan fingerprint density at radius 1 is 0.843 bits per heavy atom. The first kappa shape index (κ1) is 37.7. The van der Waals surface area contributed by atoms with E-state index in [9.17, 15) is 34.6 Å². The van der Waals surface area contributed by atoms with Crippen molar-refractivity contribution in [3.05, 3.63) is 79.9 Å². The van der Waals surface area contributed by atoms with Crippen LogP contribution in [0.3, 0.4) is 0 Å². The number of benzene rings is 2. The standard InChI is InChI=1S/C35H38N4O12/c1-8-9-23(18-50-31-14-26(38(43)44)24(12-29(31)47-5)33(40)36-16-20(2)10-22(36)4)19-51-32-15-27(39(45)46)25(13-30(32)48-6)34(41)37-17-21(3)11-28(37)35(42)49-7/h1,12-15,22-23,28H,2-3,9-11,16-19H2,4-7H3/t22-,23?,28+/m1/s1. The minimum atomic E-state index is -0.993. The van der Waals surface area contributed by atoms with E-state index in [1.54, 1.807) is 0 Å². The molecular formula is C35H38N4O12. The van der Waals surface area contributed by atoms with Crippen LogP contribution in [0, 0.1) is 38.5 Å². The zero-order valence-electron chi connectivity index (χ0n) is 28.7. The third-order valence-electron chi connectivity index (χ3n) is 8.53. The maximum absolute atomic E-state index is 13.5. The monoisotopic (exact) mass is 706 g/mol. The van der Waals surface area contributed by atoms with Gasteiger partial charge in [0, 0.05) is 50.0 Å². The molecule has 2 saturated heterocycles. The molecule has 2 aromatic carbocycles. The summed E-state index contributed by atoms with van der Waals surface area (Å²) in [4.78, 5) is 64.6. The minimum Gasteiger partial charge on any atom is -0.493 e. The number of rotatable bonds is 14. The highest BCUT2D eigenvalue weighted by Crippen LogP contribution is 2.39. The van der Waals surface area contributed by atoms with Gasteiger partial charge in [0.25, 0.3) is 23.2 Å². The summed E-state index contributed by atoms with van der Waals surface area (Å²) < 4.78 is 27.4. The number of methoxy groups -OCH3 is 3. The number of hydrogen-bond acceptors (Lipinski definition) is 12. The summed E-state index contributed by atoms with van der Waals surface area (Å²) in [6.45, 7) is 9.59. The van der Waals surface area contributed by atoms with Crippen molar-refractivity contribution < 1.29 is 47.9 Å². The number of carbonyl (C=O) groups excluding carboxylic acids is 3. The summed E-state index contributed by atoms with van der Waals surface area (Å²) in [5.41, 5.74) is -0.160. The number of amides is 2. The summed E-state index contributed by atoms with van der Waals surface area (Å²) in [7, 11) is 3.79. The molecule has 16 nitrogen and oxygen atoms in total. The van der Waals surface area contributed by atoms with Crippen molar-refractivity contribution >= 4 is 29.2 Å². The van der Waals surface area contributed by atoms with Crippen molar-refractivity contribution in [3.63, 3.8) is 0 Å². The van der Waals surface area contributed by atoms with E-state index >= 15 is 0 Å². The SMILES string of the molecule is C#CCC(COc1cc([N+](=O)[O-])c(C(=O)N2CC(=C)C[C@H]2C)cc1OC)COc1cc([N+](=O)[O-])c(C(=O)N2CC(=C)C[C@H]2C(=O)OC)cc1OC. The van der Waals surface area contributed by atoms with Crippen molar-refractivity contribution in [3.8, 4) is 35.3 Å². The van der Waals surface area contributed by atoms with Crippen molar-refractivity contribution in [2.24, 2.45) is 5.92 Å². The van der Waals surface area contributed by atoms with E-state index in [-0.39, 0.29) is 79.3 Å². The van der Waals surface area contributed by atoms with E-state index in [1.807, 2.05) is 6.92 Å². The van der Waals surface area contributed by atoms with Gasteiger partial charge in [0.2, 0.25) is 0 Å². The Balaban J connectivity index is 1.56. The molecule has 0 radical (unpaired) electrons. The Hall–Kier alpha value is -6.11. The lowest BCUT2D eigenvalue weighted by Gasteiger charge is -2.23. The van der Waals surface area contributed by atoms with Crippen molar-refractivity contribution in [1.29, 1.82) is 0 Å². The highest BCUT2D eigenvalue weighted by Gasteiger charge is 2.40. The second kappa shape index (κ2) is 16.1. The first-order valence-corrected chi connectivity index (χ1v) is 15.7. The normalized spacial score (nSPS) is 17.4. The molecule has 2 aliphatic rings. The molecule has 2 heterocycles. The van der Waals surface area contributed by atoms with Gasteiger partial charge in [-0.05, 0) is 13.3 Å². The van der Waals surface area contributed by atoms with Crippen LogP contribution in [-0.4, -0.2) is 97.1 Å². The van der Waals surface area contributed by atoms with Gasteiger partial charge in [-0.25, -0.2) is 4.79 Å². The van der Waals surface area contributed by atoms with Crippen LogP contribution in [0.1, 0.15) is 46.9 Å². The summed E-state index contributed by atoms with van der Waals surface area (Å²) in [6.07, 6.45) is 6.43. The quantitative estimate of drug-likeness (QED) is 0.0889. The fourth-order valence-corrected chi connectivity index (χ4v) is 5.97. The maximum Gasteiger partial charge on any atom is 0.328 e. The van der Waals surface area contributed by atoms with Crippen molar-refractivity contribution in [2.45, 2.75) is 38.3 Å². The van der Waals surface area contributed by atoms with Gasteiger partial charge in [0.05, 0.1) is 56.5 Å². The summed E-state index contributed by atoms with van der Waals surface area (Å²) in [5.74, 6) is -0.103. The Bertz CT molecular complexity index is 1820. The molecule has 2 amide bonds. The predicted octanol–water partition coefficient (Wildman–Crippen LogP) is 4.35. The summed E-state index contributed by atoms with van der Waals surface area (Å²) in [6, 6.07) is 3.39. The van der Waals surface area contributed by atoms with Crippen LogP contribution in [0.5, 0.6) is 23.0 Å². The maximum atomic E-state index is 13.5. The van der Waals surface area contributed by atoms with E-state index < -0.39 is 51.0 Å². The van der Waals surface area contributed by atoms with Gasteiger partial charge in [-0.3, -0.25) is 29.8 Å². The lowest BCUT2D eigenvalue weighted by atomic mass is 10.1. The molecule has 0 aliphatic carbocycles. The van der Waals surface area contributed by atoms with Gasteiger partial charge >= 0.3 is 5.97 Å². The van der Waals surface area contributed by atoms with E-state index in [4.69, 9.17) is 30.1 Å². The molecule has 2 aromatic rings.